The Morgan fingerprint density at radius 1 is 1.44 bits per heavy atom. The third kappa shape index (κ3) is 2.73. The second-order valence-corrected chi connectivity index (χ2v) is 4.28. The number of rotatable bonds is 2. The quantitative estimate of drug-likeness (QED) is 0.659. The van der Waals surface area contributed by atoms with E-state index in [1.54, 1.807) is 6.07 Å². The molecule has 0 radical (unpaired) electrons. The Balaban J connectivity index is 2.02. The Bertz CT molecular complexity index is 346. The minimum atomic E-state index is 0.215. The van der Waals surface area contributed by atoms with Gasteiger partial charge in [0.25, 0.3) is 0 Å². The van der Waals surface area contributed by atoms with Crippen LogP contribution in [0.4, 0.5) is 17.6 Å². The lowest BCUT2D eigenvalue weighted by atomic mass is 10.1. The zero-order valence-corrected chi connectivity index (χ0v) is 9.48. The average Bonchev–Trinajstić information content (AvgIpc) is 2.15. The molecule has 88 valence electrons. The van der Waals surface area contributed by atoms with Crippen molar-refractivity contribution < 1.29 is 0 Å². The number of nitrogens with one attached hydrogen (secondary N) is 1. The van der Waals surface area contributed by atoms with E-state index in [1.807, 2.05) is 0 Å². The molecule has 2 rings (SSSR count). The van der Waals surface area contributed by atoms with Gasteiger partial charge in [0, 0.05) is 18.7 Å². The van der Waals surface area contributed by atoms with Gasteiger partial charge in [-0.3, -0.25) is 0 Å². The molecule has 0 saturated carbocycles. The number of likely N-dealkylation sites (N-methyl/N-ethyl adjacent to an activating group) is 1. The van der Waals surface area contributed by atoms with Crippen LogP contribution in [0, 0.1) is 0 Å². The highest BCUT2D eigenvalue weighted by Crippen LogP contribution is 2.15. The lowest BCUT2D eigenvalue weighted by Crippen LogP contribution is -2.39. The topological polar surface area (TPSA) is 93.1 Å². The zero-order chi connectivity index (χ0) is 11.5. The number of hydrogen-bond donors (Lipinski definition) is 3. The largest absolute Gasteiger partial charge is 0.383 e. The normalized spacial score (nSPS) is 21.9. The molecular weight excluding hydrogens is 204 g/mol. The summed E-state index contributed by atoms with van der Waals surface area (Å²) in [6.45, 7) is 2.18. The molecule has 1 aliphatic rings. The third-order valence-electron chi connectivity index (χ3n) is 2.74. The van der Waals surface area contributed by atoms with E-state index in [0.29, 0.717) is 17.7 Å². The summed E-state index contributed by atoms with van der Waals surface area (Å²) >= 11 is 0. The van der Waals surface area contributed by atoms with Crippen molar-refractivity contribution >= 4 is 17.6 Å². The number of likely N-dealkylation sites (tertiary alicyclic amines) is 1. The van der Waals surface area contributed by atoms with Gasteiger partial charge in [0.15, 0.2) is 0 Å². The molecular formula is C10H18N6. The maximum Gasteiger partial charge on any atom is 0.223 e. The van der Waals surface area contributed by atoms with Gasteiger partial charge < -0.3 is 21.7 Å². The van der Waals surface area contributed by atoms with E-state index < -0.39 is 0 Å². The lowest BCUT2D eigenvalue weighted by molar-refractivity contribution is 0.261. The fraction of sp³-hybridized carbons (Fsp3) is 0.600. The number of hydrogen-bond acceptors (Lipinski definition) is 6. The number of nitrogen functional groups attached to an aromatic ring is 2. The van der Waals surface area contributed by atoms with Crippen LogP contribution in [-0.2, 0) is 0 Å². The number of aromatic nitrogens is 2. The Hall–Kier alpha value is -1.56. The van der Waals surface area contributed by atoms with Crippen LogP contribution in [0.3, 0.4) is 0 Å². The van der Waals surface area contributed by atoms with Gasteiger partial charge in [0.2, 0.25) is 5.95 Å². The Morgan fingerprint density at radius 3 is 2.94 bits per heavy atom. The molecule has 1 unspecified atom stereocenters. The summed E-state index contributed by atoms with van der Waals surface area (Å²) in [5.74, 6) is 1.33. The first-order valence-electron chi connectivity index (χ1n) is 5.48. The van der Waals surface area contributed by atoms with E-state index in [2.05, 4.69) is 27.2 Å². The number of anilines is 3. The first-order chi connectivity index (χ1) is 7.63. The Labute approximate surface area is 95.0 Å². The van der Waals surface area contributed by atoms with Crippen molar-refractivity contribution in [3.8, 4) is 0 Å². The highest BCUT2D eigenvalue weighted by molar-refractivity contribution is 5.48. The maximum atomic E-state index is 5.61. The fourth-order valence-electron chi connectivity index (χ4n) is 2.05. The maximum absolute atomic E-state index is 5.61. The van der Waals surface area contributed by atoms with Crippen molar-refractivity contribution in [2.45, 2.75) is 18.9 Å². The number of nitrogens with zero attached hydrogens (tertiary/aromatic N) is 3. The predicted octanol–water partition coefficient (Wildman–Crippen LogP) is 0.147. The molecule has 1 aromatic heterocycles. The van der Waals surface area contributed by atoms with Gasteiger partial charge in [-0.05, 0) is 26.4 Å². The molecule has 16 heavy (non-hydrogen) atoms. The molecule has 1 aromatic rings. The SMILES string of the molecule is CN1CCCC(Nc2cc(N)nc(N)n2)C1. The summed E-state index contributed by atoms with van der Waals surface area (Å²) < 4.78 is 0. The van der Waals surface area contributed by atoms with Crippen LogP contribution < -0.4 is 16.8 Å². The van der Waals surface area contributed by atoms with Crippen LogP contribution in [0.5, 0.6) is 0 Å². The summed E-state index contributed by atoms with van der Waals surface area (Å²) in [5, 5.41) is 3.34. The van der Waals surface area contributed by atoms with Gasteiger partial charge in [-0.25, -0.2) is 0 Å². The van der Waals surface area contributed by atoms with E-state index in [4.69, 9.17) is 11.5 Å². The summed E-state index contributed by atoms with van der Waals surface area (Å²) in [5.41, 5.74) is 11.1. The summed E-state index contributed by atoms with van der Waals surface area (Å²) in [7, 11) is 2.12. The first-order valence-corrected chi connectivity index (χ1v) is 5.48. The van der Waals surface area contributed by atoms with E-state index in [9.17, 15) is 0 Å². The van der Waals surface area contributed by atoms with Gasteiger partial charge in [-0.2, -0.15) is 9.97 Å². The summed E-state index contributed by atoms with van der Waals surface area (Å²) in [6, 6.07) is 2.12. The second kappa shape index (κ2) is 4.52. The first kappa shape index (κ1) is 10.9. The molecule has 5 N–H and O–H groups in total. The molecule has 0 aliphatic carbocycles. The van der Waals surface area contributed by atoms with Crippen LogP contribution in [0.25, 0.3) is 0 Å². The van der Waals surface area contributed by atoms with Crippen LogP contribution in [0.15, 0.2) is 6.07 Å². The Morgan fingerprint density at radius 2 is 2.25 bits per heavy atom. The van der Waals surface area contributed by atoms with Crippen molar-refractivity contribution in [3.05, 3.63) is 6.07 Å². The highest BCUT2D eigenvalue weighted by Gasteiger charge is 2.17. The molecule has 0 aromatic carbocycles. The van der Waals surface area contributed by atoms with E-state index >= 15 is 0 Å². The predicted molar refractivity (Wildman–Crippen MR) is 65.0 cm³/mol. The molecule has 0 bridgehead atoms. The minimum Gasteiger partial charge on any atom is -0.383 e. The summed E-state index contributed by atoms with van der Waals surface area (Å²) in [6.07, 6.45) is 2.35. The van der Waals surface area contributed by atoms with Crippen LogP contribution in [0.1, 0.15) is 12.8 Å². The molecule has 1 saturated heterocycles. The lowest BCUT2D eigenvalue weighted by Gasteiger charge is -2.30. The van der Waals surface area contributed by atoms with Crippen molar-refractivity contribution in [1.82, 2.24) is 14.9 Å². The molecule has 1 aliphatic heterocycles. The number of piperidine rings is 1. The zero-order valence-electron chi connectivity index (χ0n) is 9.48. The van der Waals surface area contributed by atoms with E-state index in [-0.39, 0.29) is 5.95 Å². The smallest absolute Gasteiger partial charge is 0.223 e. The van der Waals surface area contributed by atoms with Gasteiger partial charge >= 0.3 is 0 Å². The van der Waals surface area contributed by atoms with Crippen LogP contribution >= 0.6 is 0 Å². The Kier molecular flexibility index (Phi) is 3.09. The summed E-state index contributed by atoms with van der Waals surface area (Å²) in [4.78, 5) is 10.2. The van der Waals surface area contributed by atoms with E-state index in [1.165, 1.54) is 6.42 Å². The van der Waals surface area contributed by atoms with Crippen molar-refractivity contribution in [1.29, 1.82) is 0 Å². The van der Waals surface area contributed by atoms with Crippen LogP contribution in [-0.4, -0.2) is 41.0 Å². The molecule has 0 spiro atoms. The number of nitrogens with two attached hydrogens (primary N) is 2. The van der Waals surface area contributed by atoms with Crippen molar-refractivity contribution in [2.24, 2.45) is 0 Å². The van der Waals surface area contributed by atoms with Crippen molar-refractivity contribution in [2.75, 3.05) is 36.9 Å². The van der Waals surface area contributed by atoms with Gasteiger partial charge in [0.05, 0.1) is 0 Å². The van der Waals surface area contributed by atoms with Gasteiger partial charge in [-0.15, -0.1) is 0 Å². The standard InChI is InChI=1S/C10H18N6/c1-16-4-2-3-7(6-16)13-9-5-8(11)14-10(12)15-9/h5,7H,2-4,6H2,1H3,(H5,11,12,13,14,15). The molecule has 0 amide bonds. The second-order valence-electron chi connectivity index (χ2n) is 4.28. The van der Waals surface area contributed by atoms with Crippen molar-refractivity contribution in [3.63, 3.8) is 0 Å². The van der Waals surface area contributed by atoms with Gasteiger partial charge in [0.1, 0.15) is 11.6 Å². The minimum absolute atomic E-state index is 0.215. The molecule has 1 fully saturated rings. The molecule has 6 nitrogen and oxygen atoms in total. The molecule has 6 heteroatoms. The van der Waals surface area contributed by atoms with Gasteiger partial charge in [-0.1, -0.05) is 0 Å². The van der Waals surface area contributed by atoms with E-state index in [0.717, 1.165) is 19.5 Å². The molecule has 2 heterocycles. The van der Waals surface area contributed by atoms with Crippen LogP contribution in [0.2, 0.25) is 0 Å². The molecule has 1 atom stereocenters. The average molecular weight is 222 g/mol. The monoisotopic (exact) mass is 222 g/mol. The fourth-order valence-corrected chi connectivity index (χ4v) is 2.05. The highest BCUT2D eigenvalue weighted by atomic mass is 15.2. The third-order valence-corrected chi connectivity index (χ3v) is 2.74.